The van der Waals surface area contributed by atoms with E-state index in [0.717, 1.165) is 25.4 Å². The fourth-order valence-electron chi connectivity index (χ4n) is 3.18. The summed E-state index contributed by atoms with van der Waals surface area (Å²) in [5.74, 6) is 0.685. The fourth-order valence-corrected chi connectivity index (χ4v) is 3.37. The first-order valence-electron chi connectivity index (χ1n) is 7.58. The Morgan fingerprint density at radius 2 is 2.20 bits per heavy atom. The van der Waals surface area contributed by atoms with E-state index in [1.807, 2.05) is 0 Å². The normalized spacial score (nSPS) is 27.8. The first-order valence-corrected chi connectivity index (χ1v) is 7.96. The lowest BCUT2D eigenvalue weighted by atomic mass is 10.0. The number of halogens is 2. The van der Waals surface area contributed by atoms with Gasteiger partial charge in [0.1, 0.15) is 5.82 Å². The molecule has 2 atom stereocenters. The number of piperazine rings is 1. The van der Waals surface area contributed by atoms with Crippen LogP contribution in [0.25, 0.3) is 0 Å². The monoisotopic (exact) mass is 296 g/mol. The van der Waals surface area contributed by atoms with E-state index in [1.54, 1.807) is 12.1 Å². The van der Waals surface area contributed by atoms with E-state index in [-0.39, 0.29) is 5.82 Å². The first-order chi connectivity index (χ1) is 9.67. The van der Waals surface area contributed by atoms with Gasteiger partial charge in [0, 0.05) is 42.3 Å². The molecule has 1 aromatic carbocycles. The molecule has 0 amide bonds. The average Bonchev–Trinajstić information content (AvgIpc) is 3.27. The maximum atomic E-state index is 13.9. The number of hydrogen-bond acceptors (Lipinski definition) is 2. The third-order valence-corrected chi connectivity index (χ3v) is 4.84. The van der Waals surface area contributed by atoms with E-state index in [1.165, 1.54) is 18.9 Å². The summed E-state index contributed by atoms with van der Waals surface area (Å²) in [6, 6.07) is 5.92. The summed E-state index contributed by atoms with van der Waals surface area (Å²) in [7, 11) is 0. The molecule has 1 aromatic rings. The van der Waals surface area contributed by atoms with Crippen LogP contribution in [0.5, 0.6) is 0 Å². The Hall–Kier alpha value is -0.640. The second-order valence-corrected chi connectivity index (χ2v) is 6.52. The van der Waals surface area contributed by atoms with Gasteiger partial charge >= 0.3 is 0 Å². The zero-order valence-corrected chi connectivity index (χ0v) is 12.7. The summed E-state index contributed by atoms with van der Waals surface area (Å²) in [5, 5.41) is 4.28. The molecule has 1 aliphatic carbocycles. The van der Waals surface area contributed by atoms with Gasteiger partial charge in [-0.1, -0.05) is 18.5 Å². The lowest BCUT2D eigenvalue weighted by molar-refractivity contribution is 0.110. The number of nitrogens with one attached hydrogen (secondary N) is 1. The molecule has 1 saturated heterocycles. The fraction of sp³-hybridized carbons (Fsp3) is 0.625. The summed E-state index contributed by atoms with van der Waals surface area (Å²) >= 11 is 6.00. The van der Waals surface area contributed by atoms with Gasteiger partial charge in [0.2, 0.25) is 0 Å². The second-order valence-electron chi connectivity index (χ2n) is 6.08. The largest absolute Gasteiger partial charge is 0.311 e. The van der Waals surface area contributed by atoms with Crippen molar-refractivity contribution in [2.24, 2.45) is 5.92 Å². The lowest BCUT2D eigenvalue weighted by Crippen LogP contribution is -2.56. The number of nitrogens with zero attached hydrogens (tertiary/aromatic N) is 1. The van der Waals surface area contributed by atoms with Crippen molar-refractivity contribution in [3.63, 3.8) is 0 Å². The molecule has 0 aromatic heterocycles. The maximum Gasteiger partial charge on any atom is 0.127 e. The number of hydrogen-bond donors (Lipinski definition) is 1. The van der Waals surface area contributed by atoms with Crippen molar-refractivity contribution in [3.05, 3.63) is 34.6 Å². The Morgan fingerprint density at radius 3 is 2.90 bits per heavy atom. The molecule has 2 nitrogen and oxygen atoms in total. The summed E-state index contributed by atoms with van der Waals surface area (Å²) in [6.45, 7) is 4.90. The quantitative estimate of drug-likeness (QED) is 0.915. The van der Waals surface area contributed by atoms with Crippen LogP contribution in [0.2, 0.25) is 5.02 Å². The molecular formula is C16H22ClFN2. The molecule has 110 valence electrons. The van der Waals surface area contributed by atoms with Gasteiger partial charge in [-0.25, -0.2) is 4.39 Å². The third-order valence-electron chi connectivity index (χ3n) is 4.61. The highest BCUT2D eigenvalue weighted by molar-refractivity contribution is 6.30. The van der Waals surface area contributed by atoms with Gasteiger partial charge in [0.15, 0.2) is 0 Å². The van der Waals surface area contributed by atoms with Crippen LogP contribution >= 0.6 is 11.6 Å². The van der Waals surface area contributed by atoms with Crippen LogP contribution < -0.4 is 5.32 Å². The standard InChI is InChI=1S/C16H22ClFN2/c1-2-14-8-19-16(11-3-4-11)10-20(14)9-12-7-13(17)5-6-15(12)18/h5-7,11,14,16,19H,2-4,8-10H2,1H3. The predicted molar refractivity (Wildman–Crippen MR) is 80.4 cm³/mol. The molecule has 4 heteroatoms. The SMILES string of the molecule is CCC1CNC(C2CC2)CN1Cc1cc(Cl)ccc1F. The van der Waals surface area contributed by atoms with Gasteiger partial charge in [-0.2, -0.15) is 0 Å². The van der Waals surface area contributed by atoms with Gasteiger partial charge in [-0.05, 0) is 43.4 Å². The molecular weight excluding hydrogens is 275 g/mol. The van der Waals surface area contributed by atoms with Crippen LogP contribution in [0.3, 0.4) is 0 Å². The van der Waals surface area contributed by atoms with Crippen molar-refractivity contribution in [1.29, 1.82) is 0 Å². The molecule has 2 fully saturated rings. The highest BCUT2D eigenvalue weighted by Crippen LogP contribution is 2.34. The van der Waals surface area contributed by atoms with Gasteiger partial charge in [-0.15, -0.1) is 0 Å². The van der Waals surface area contributed by atoms with Gasteiger partial charge < -0.3 is 5.32 Å². The summed E-state index contributed by atoms with van der Waals surface area (Å²) < 4.78 is 13.9. The number of rotatable bonds is 4. The minimum atomic E-state index is -0.147. The lowest BCUT2D eigenvalue weighted by Gasteiger charge is -2.40. The van der Waals surface area contributed by atoms with Gasteiger partial charge in [0.05, 0.1) is 0 Å². The molecule has 0 bridgehead atoms. The minimum absolute atomic E-state index is 0.147. The second kappa shape index (κ2) is 6.00. The molecule has 1 aliphatic heterocycles. The van der Waals surface area contributed by atoms with Crippen LogP contribution in [-0.2, 0) is 6.54 Å². The minimum Gasteiger partial charge on any atom is -0.311 e. The Labute approximate surface area is 125 Å². The molecule has 0 radical (unpaired) electrons. The number of benzene rings is 1. The Morgan fingerprint density at radius 1 is 1.40 bits per heavy atom. The average molecular weight is 297 g/mol. The summed E-state index contributed by atoms with van der Waals surface area (Å²) in [4.78, 5) is 2.42. The van der Waals surface area contributed by atoms with Gasteiger partial charge in [0.25, 0.3) is 0 Å². The van der Waals surface area contributed by atoms with Crippen LogP contribution in [0, 0.1) is 11.7 Å². The van der Waals surface area contributed by atoms with Crippen LogP contribution in [0.15, 0.2) is 18.2 Å². The van der Waals surface area contributed by atoms with E-state index < -0.39 is 0 Å². The predicted octanol–water partition coefficient (Wildman–Crippen LogP) is 3.44. The molecule has 0 spiro atoms. The van der Waals surface area contributed by atoms with Gasteiger partial charge in [-0.3, -0.25) is 4.90 Å². The van der Waals surface area contributed by atoms with E-state index in [0.29, 0.717) is 29.2 Å². The van der Waals surface area contributed by atoms with Crippen molar-refractivity contribution in [2.45, 2.75) is 44.8 Å². The summed E-state index contributed by atoms with van der Waals surface area (Å²) in [5.41, 5.74) is 0.715. The van der Waals surface area contributed by atoms with Crippen LogP contribution in [0.1, 0.15) is 31.7 Å². The molecule has 1 N–H and O–H groups in total. The molecule has 3 rings (SSSR count). The van der Waals surface area contributed by atoms with Crippen molar-refractivity contribution >= 4 is 11.6 Å². The smallest absolute Gasteiger partial charge is 0.127 e. The zero-order chi connectivity index (χ0) is 14.1. The van der Waals surface area contributed by atoms with E-state index in [9.17, 15) is 4.39 Å². The Bertz CT molecular complexity index is 476. The Balaban J connectivity index is 1.73. The van der Waals surface area contributed by atoms with E-state index in [4.69, 9.17) is 11.6 Å². The molecule has 1 saturated carbocycles. The maximum absolute atomic E-state index is 13.9. The molecule has 2 aliphatic rings. The highest BCUT2D eigenvalue weighted by Gasteiger charge is 2.36. The molecule has 1 heterocycles. The Kier molecular flexibility index (Phi) is 4.29. The van der Waals surface area contributed by atoms with Crippen molar-refractivity contribution in [2.75, 3.05) is 13.1 Å². The van der Waals surface area contributed by atoms with Crippen LogP contribution in [0.4, 0.5) is 4.39 Å². The summed E-state index contributed by atoms with van der Waals surface area (Å²) in [6.07, 6.45) is 3.77. The van der Waals surface area contributed by atoms with Crippen LogP contribution in [-0.4, -0.2) is 30.1 Å². The van der Waals surface area contributed by atoms with E-state index >= 15 is 0 Å². The first kappa shape index (κ1) is 14.3. The third kappa shape index (κ3) is 3.16. The topological polar surface area (TPSA) is 15.3 Å². The highest BCUT2D eigenvalue weighted by atomic mass is 35.5. The van der Waals surface area contributed by atoms with Crippen molar-refractivity contribution in [3.8, 4) is 0 Å². The molecule has 2 unspecified atom stereocenters. The zero-order valence-electron chi connectivity index (χ0n) is 11.9. The van der Waals surface area contributed by atoms with Crippen molar-refractivity contribution in [1.82, 2.24) is 10.2 Å². The molecule has 20 heavy (non-hydrogen) atoms. The van der Waals surface area contributed by atoms with E-state index in [2.05, 4.69) is 17.1 Å². The van der Waals surface area contributed by atoms with Crippen molar-refractivity contribution < 1.29 is 4.39 Å².